The highest BCUT2D eigenvalue weighted by molar-refractivity contribution is 7.89. The molecule has 2 aliphatic rings. The van der Waals surface area contributed by atoms with E-state index in [0.717, 1.165) is 31.4 Å². The van der Waals surface area contributed by atoms with E-state index in [2.05, 4.69) is 10.2 Å². The van der Waals surface area contributed by atoms with Gasteiger partial charge >= 0.3 is 0 Å². The molecule has 226 valence electrons. The molecule has 1 aliphatic heterocycles. The summed E-state index contributed by atoms with van der Waals surface area (Å²) in [5, 5.41) is 14.5. The topological polar surface area (TPSA) is 142 Å². The molecule has 41 heavy (non-hydrogen) atoms. The van der Waals surface area contributed by atoms with Crippen molar-refractivity contribution in [2.75, 3.05) is 37.6 Å². The number of anilines is 2. The van der Waals surface area contributed by atoms with Crippen LogP contribution in [0.1, 0.15) is 58.4 Å². The first-order chi connectivity index (χ1) is 19.3. The lowest BCUT2D eigenvalue weighted by atomic mass is 9.72. The van der Waals surface area contributed by atoms with Gasteiger partial charge in [-0.15, -0.1) is 0 Å². The molecule has 6 N–H and O–H groups in total. The van der Waals surface area contributed by atoms with Crippen molar-refractivity contribution < 1.29 is 18.3 Å². The molecule has 1 saturated carbocycles. The molecule has 4 atom stereocenters. The van der Waals surface area contributed by atoms with Crippen molar-refractivity contribution in [2.24, 2.45) is 11.8 Å². The second kappa shape index (κ2) is 13.1. The molecule has 10 heteroatoms. The lowest BCUT2D eigenvalue weighted by Gasteiger charge is -2.46. The summed E-state index contributed by atoms with van der Waals surface area (Å²) in [6.45, 7) is 6.91. The number of aliphatic hydroxyl groups excluding tert-OH is 1. The third kappa shape index (κ3) is 8.44. The minimum Gasteiger partial charge on any atom is -0.399 e. The van der Waals surface area contributed by atoms with E-state index >= 15 is 0 Å². The Hall–Kier alpha value is -2.66. The Balaban J connectivity index is 1.54. The van der Waals surface area contributed by atoms with Crippen LogP contribution in [-0.4, -0.2) is 72.5 Å². The number of benzene rings is 2. The van der Waals surface area contributed by atoms with Crippen LogP contribution in [0.2, 0.25) is 0 Å². The summed E-state index contributed by atoms with van der Waals surface area (Å²) in [5.74, 6) is 0.969. The minimum atomic E-state index is -3.95. The number of aliphatic hydroxyl groups is 1. The van der Waals surface area contributed by atoms with Crippen LogP contribution in [0.25, 0.3) is 0 Å². The van der Waals surface area contributed by atoms with Crippen molar-refractivity contribution in [3.05, 3.63) is 54.1 Å². The second-order valence-corrected chi connectivity index (χ2v) is 14.8. The fourth-order valence-electron chi connectivity index (χ4n) is 6.33. The van der Waals surface area contributed by atoms with Crippen LogP contribution in [0.15, 0.2) is 53.4 Å². The lowest BCUT2D eigenvalue weighted by molar-refractivity contribution is -0.132. The van der Waals surface area contributed by atoms with Crippen LogP contribution in [0.5, 0.6) is 0 Å². The number of sulfonamides is 1. The molecule has 2 fully saturated rings. The summed E-state index contributed by atoms with van der Waals surface area (Å²) < 4.78 is 28.9. The number of piperidine rings is 1. The molecule has 0 bridgehead atoms. The Morgan fingerprint density at radius 2 is 1.73 bits per heavy atom. The third-order valence-electron chi connectivity index (χ3n) is 8.26. The van der Waals surface area contributed by atoms with Gasteiger partial charge in [-0.3, -0.25) is 9.69 Å². The van der Waals surface area contributed by atoms with Gasteiger partial charge in [-0.1, -0.05) is 37.5 Å². The number of fused-ring (bicyclic) bond motifs is 1. The van der Waals surface area contributed by atoms with Crippen LogP contribution in [0.3, 0.4) is 0 Å². The molecular weight excluding hydrogens is 538 g/mol. The largest absolute Gasteiger partial charge is 0.399 e. The number of carbonyl (C=O) groups is 1. The fourth-order valence-corrected chi connectivity index (χ4v) is 7.86. The normalized spacial score (nSPS) is 22.7. The smallest absolute Gasteiger partial charge is 0.243 e. The van der Waals surface area contributed by atoms with E-state index in [9.17, 15) is 18.3 Å². The minimum absolute atomic E-state index is 0.0281. The number of likely N-dealkylation sites (tertiary alicyclic amines) is 1. The molecule has 2 aromatic rings. The summed E-state index contributed by atoms with van der Waals surface area (Å²) in [7, 11) is -3.95. The summed E-state index contributed by atoms with van der Waals surface area (Å²) in [5.41, 5.74) is 13.4. The maximum absolute atomic E-state index is 13.8. The Labute approximate surface area is 245 Å². The lowest BCUT2D eigenvalue weighted by Crippen LogP contribution is -2.59. The molecule has 2 aromatic carbocycles. The maximum atomic E-state index is 13.8. The number of nitrogens with zero attached hydrogens (tertiary/aromatic N) is 2. The SMILES string of the molecule is CC(C)(C)NC(=O)[C@@H]1C[C@@H]2CCCC[C@@H]2CN1C[C@@H](O)CN(CCc1cccc(N)c1)S(=O)(=O)c1cccc(N)c1. The number of rotatable bonds is 10. The highest BCUT2D eigenvalue weighted by Crippen LogP contribution is 2.39. The van der Waals surface area contributed by atoms with Crippen LogP contribution in [0.4, 0.5) is 11.4 Å². The second-order valence-electron chi connectivity index (χ2n) is 12.8. The first-order valence-corrected chi connectivity index (χ1v) is 16.2. The first-order valence-electron chi connectivity index (χ1n) is 14.8. The Morgan fingerprint density at radius 3 is 2.39 bits per heavy atom. The molecule has 4 rings (SSSR count). The van der Waals surface area contributed by atoms with Gasteiger partial charge in [-0.25, -0.2) is 8.42 Å². The molecular formula is C31H47N5O4S. The van der Waals surface area contributed by atoms with E-state index in [1.165, 1.54) is 29.3 Å². The number of hydrogen-bond donors (Lipinski definition) is 4. The van der Waals surface area contributed by atoms with Gasteiger partial charge in [-0.2, -0.15) is 4.31 Å². The number of nitrogen functional groups attached to an aromatic ring is 2. The highest BCUT2D eigenvalue weighted by atomic mass is 32.2. The average Bonchev–Trinajstić information content (AvgIpc) is 2.89. The zero-order chi connectivity index (χ0) is 29.8. The Kier molecular flexibility index (Phi) is 10.00. The molecule has 0 unspecified atom stereocenters. The number of carbonyl (C=O) groups excluding carboxylic acids is 1. The summed E-state index contributed by atoms with van der Waals surface area (Å²) in [6, 6.07) is 13.2. The molecule has 1 aliphatic carbocycles. The van der Waals surface area contributed by atoms with Crippen molar-refractivity contribution in [2.45, 2.75) is 81.9 Å². The van der Waals surface area contributed by atoms with Gasteiger partial charge in [-0.05, 0) is 87.8 Å². The van der Waals surface area contributed by atoms with Crippen LogP contribution >= 0.6 is 0 Å². The summed E-state index contributed by atoms with van der Waals surface area (Å²) in [6.07, 6.45) is 4.85. The van der Waals surface area contributed by atoms with Gasteiger partial charge in [0.25, 0.3) is 0 Å². The van der Waals surface area contributed by atoms with Crippen molar-refractivity contribution in [1.29, 1.82) is 0 Å². The van der Waals surface area contributed by atoms with Gasteiger partial charge in [0.05, 0.1) is 17.0 Å². The van der Waals surface area contributed by atoms with E-state index in [-0.39, 0.29) is 42.0 Å². The molecule has 9 nitrogen and oxygen atoms in total. The molecule has 1 saturated heterocycles. The van der Waals surface area contributed by atoms with Gasteiger partial charge in [0.1, 0.15) is 0 Å². The summed E-state index contributed by atoms with van der Waals surface area (Å²) in [4.78, 5) is 15.6. The van der Waals surface area contributed by atoms with Crippen molar-refractivity contribution >= 4 is 27.3 Å². The third-order valence-corrected chi connectivity index (χ3v) is 10.1. The quantitative estimate of drug-likeness (QED) is 0.314. The predicted octanol–water partition coefficient (Wildman–Crippen LogP) is 3.24. The van der Waals surface area contributed by atoms with Crippen LogP contribution in [0, 0.1) is 11.8 Å². The number of nitrogens with one attached hydrogen (secondary N) is 1. The van der Waals surface area contributed by atoms with Gasteiger partial charge in [0.15, 0.2) is 0 Å². The van der Waals surface area contributed by atoms with E-state index in [1.54, 1.807) is 18.2 Å². The maximum Gasteiger partial charge on any atom is 0.243 e. The Bertz CT molecular complexity index is 1300. The standard InChI is InChI=1S/C31H47N5O4S/c1-31(2,3)34-30(38)29-17-23-9-4-5-10-24(23)19-35(29)20-27(37)21-36(15-14-22-8-6-11-25(32)16-22)41(39,40)28-13-7-12-26(33)18-28/h6-8,11-13,16,18,23-24,27,29,37H,4-5,9-10,14-15,17,19-21,32-33H2,1-3H3,(H,34,38)/t23-,24+,27+,29-/m0/s1. The van der Waals surface area contributed by atoms with Gasteiger partial charge in [0.2, 0.25) is 15.9 Å². The monoisotopic (exact) mass is 585 g/mol. The number of β-amino-alcohol motifs (C(OH)–C–C–N with tert-alkyl or cyclic N) is 1. The number of nitrogens with two attached hydrogens (primary N) is 2. The molecule has 0 radical (unpaired) electrons. The van der Waals surface area contributed by atoms with Gasteiger partial charge < -0.3 is 21.9 Å². The van der Waals surface area contributed by atoms with Crippen molar-refractivity contribution in [3.8, 4) is 0 Å². The number of amides is 1. The summed E-state index contributed by atoms with van der Waals surface area (Å²) >= 11 is 0. The average molecular weight is 586 g/mol. The van der Waals surface area contributed by atoms with E-state index in [1.807, 2.05) is 39.0 Å². The zero-order valence-electron chi connectivity index (χ0n) is 24.6. The molecule has 0 spiro atoms. The Morgan fingerprint density at radius 1 is 1.07 bits per heavy atom. The van der Waals surface area contributed by atoms with Crippen LogP contribution < -0.4 is 16.8 Å². The fraction of sp³-hybridized carbons (Fsp3) is 0.581. The van der Waals surface area contributed by atoms with Crippen molar-refractivity contribution in [3.63, 3.8) is 0 Å². The van der Waals surface area contributed by atoms with Crippen LogP contribution in [-0.2, 0) is 21.2 Å². The highest BCUT2D eigenvalue weighted by Gasteiger charge is 2.41. The van der Waals surface area contributed by atoms with E-state index < -0.39 is 16.1 Å². The molecule has 1 amide bonds. The van der Waals surface area contributed by atoms with E-state index in [0.29, 0.717) is 29.6 Å². The predicted molar refractivity (Wildman–Crippen MR) is 164 cm³/mol. The molecule has 1 heterocycles. The van der Waals surface area contributed by atoms with Crippen molar-refractivity contribution in [1.82, 2.24) is 14.5 Å². The zero-order valence-corrected chi connectivity index (χ0v) is 25.4. The van der Waals surface area contributed by atoms with E-state index in [4.69, 9.17) is 11.5 Å². The number of hydrogen-bond acceptors (Lipinski definition) is 7. The van der Waals surface area contributed by atoms with Gasteiger partial charge in [0, 0.05) is 43.1 Å². The first kappa shape index (κ1) is 31.3. The molecule has 0 aromatic heterocycles.